The molecule has 1 saturated heterocycles. The zero-order valence-electron chi connectivity index (χ0n) is 35.7. The lowest BCUT2D eigenvalue weighted by Gasteiger charge is -2.37. The van der Waals surface area contributed by atoms with E-state index in [4.69, 9.17) is 36.5 Å². The van der Waals surface area contributed by atoms with Gasteiger partial charge in [-0.1, -0.05) is 11.6 Å². The summed E-state index contributed by atoms with van der Waals surface area (Å²) in [5.41, 5.74) is 9.40. The topological polar surface area (TPSA) is 237 Å². The van der Waals surface area contributed by atoms with E-state index in [1.54, 1.807) is 6.20 Å². The van der Waals surface area contributed by atoms with E-state index < -0.39 is 11.9 Å². The Labute approximate surface area is 375 Å². The van der Waals surface area contributed by atoms with E-state index in [0.29, 0.717) is 99.7 Å². The number of fused-ring (bicyclic) bond motifs is 1. The predicted molar refractivity (Wildman–Crippen MR) is 234 cm³/mol. The number of nitrogens with one attached hydrogen (secondary N) is 4. The second kappa shape index (κ2) is 22.4. The Balaban J connectivity index is 0.718. The first-order chi connectivity index (χ1) is 30.6. The molecule has 2 unspecified atom stereocenters. The number of imide groups is 1. The van der Waals surface area contributed by atoms with Crippen molar-refractivity contribution >= 4 is 58.4 Å². The number of ether oxygens (including phenoxy) is 3. The van der Waals surface area contributed by atoms with Crippen LogP contribution in [0.1, 0.15) is 77.2 Å². The summed E-state index contributed by atoms with van der Waals surface area (Å²) in [4.78, 5) is 76.1. The first kappa shape index (κ1) is 46.4. The second-order valence-corrected chi connectivity index (χ2v) is 17.9. The minimum Gasteiger partial charge on any atom is -0.378 e. The van der Waals surface area contributed by atoms with E-state index in [0.717, 1.165) is 53.8 Å². The highest BCUT2D eigenvalue weighted by atomic mass is 35.5. The number of nitrogens with zero attached hydrogens (tertiary/aromatic N) is 6. The molecule has 7 rings (SSSR count). The molecule has 5 amide bonds. The van der Waals surface area contributed by atoms with E-state index in [-0.39, 0.29) is 55.2 Å². The molecule has 19 nitrogen and oxygen atoms in total. The van der Waals surface area contributed by atoms with Gasteiger partial charge in [-0.25, -0.2) is 9.97 Å². The average Bonchev–Trinajstić information content (AvgIpc) is 3.79. The van der Waals surface area contributed by atoms with Crippen molar-refractivity contribution < 1.29 is 38.2 Å². The predicted octanol–water partition coefficient (Wildman–Crippen LogP) is 1.77. The number of carbonyl (C=O) groups excluding carboxylic acids is 5. The highest BCUT2D eigenvalue weighted by Crippen LogP contribution is 2.37. The van der Waals surface area contributed by atoms with Crippen LogP contribution in [-0.2, 0) is 59.9 Å². The Bertz CT molecular complexity index is 2100. The molecular formula is C42H58ClN11O8S. The van der Waals surface area contributed by atoms with Gasteiger partial charge in [0.15, 0.2) is 0 Å². The largest absolute Gasteiger partial charge is 0.378 e. The Kier molecular flexibility index (Phi) is 16.5. The van der Waals surface area contributed by atoms with Crippen LogP contribution in [0.5, 0.6) is 0 Å². The molecule has 2 aliphatic carbocycles. The Morgan fingerprint density at radius 2 is 1.81 bits per heavy atom. The molecule has 342 valence electrons. The highest BCUT2D eigenvalue weighted by Gasteiger charge is 2.40. The number of piperidine rings is 1. The lowest BCUT2D eigenvalue weighted by atomic mass is 9.90. The van der Waals surface area contributed by atoms with E-state index in [1.165, 1.54) is 29.1 Å². The molecule has 0 bridgehead atoms. The fraction of sp³-hybridized carbons (Fsp3) is 0.619. The van der Waals surface area contributed by atoms with Gasteiger partial charge in [-0.15, -0.1) is 11.3 Å². The van der Waals surface area contributed by atoms with Crippen molar-refractivity contribution in [3.63, 3.8) is 0 Å². The van der Waals surface area contributed by atoms with Gasteiger partial charge >= 0.3 is 0 Å². The van der Waals surface area contributed by atoms with Crippen molar-refractivity contribution in [1.29, 1.82) is 0 Å². The maximum absolute atomic E-state index is 13.0. The molecule has 2 saturated carbocycles. The molecule has 3 aromatic heterocycles. The number of hydrogen-bond donors (Lipinski definition) is 5. The minimum absolute atomic E-state index is 0.00637. The molecule has 4 aliphatic rings. The monoisotopic (exact) mass is 911 g/mol. The summed E-state index contributed by atoms with van der Waals surface area (Å²) in [6, 6.07) is 1.31. The lowest BCUT2D eigenvalue weighted by Crippen LogP contribution is -2.52. The van der Waals surface area contributed by atoms with Gasteiger partial charge in [0.2, 0.25) is 29.6 Å². The van der Waals surface area contributed by atoms with Gasteiger partial charge in [-0.05, 0) is 68.9 Å². The van der Waals surface area contributed by atoms with Crippen LogP contribution < -0.4 is 27.0 Å². The van der Waals surface area contributed by atoms with Gasteiger partial charge in [-0.2, -0.15) is 5.10 Å². The third-order valence-electron chi connectivity index (χ3n) is 11.8. The van der Waals surface area contributed by atoms with Crippen molar-refractivity contribution in [3.05, 3.63) is 44.5 Å². The number of carbonyl (C=O) groups is 5. The second-order valence-electron chi connectivity index (χ2n) is 16.4. The maximum Gasteiger partial charge on any atom is 0.265 e. The third kappa shape index (κ3) is 12.6. The van der Waals surface area contributed by atoms with E-state index >= 15 is 0 Å². The highest BCUT2D eigenvalue weighted by molar-refractivity contribution is 7.14. The fourth-order valence-electron chi connectivity index (χ4n) is 8.30. The molecule has 63 heavy (non-hydrogen) atoms. The van der Waals surface area contributed by atoms with Crippen LogP contribution in [-0.4, -0.2) is 143 Å². The Morgan fingerprint density at radius 1 is 1.03 bits per heavy atom. The van der Waals surface area contributed by atoms with Crippen molar-refractivity contribution in [1.82, 2.24) is 45.5 Å². The summed E-state index contributed by atoms with van der Waals surface area (Å²) in [5, 5.41) is 16.7. The number of thiophene rings is 1. The van der Waals surface area contributed by atoms with Crippen LogP contribution in [0.15, 0.2) is 18.5 Å². The van der Waals surface area contributed by atoms with Crippen LogP contribution in [0.3, 0.4) is 0 Å². The average molecular weight is 913 g/mol. The molecule has 2 aliphatic heterocycles. The van der Waals surface area contributed by atoms with Gasteiger partial charge in [0.05, 0.1) is 87.3 Å². The van der Waals surface area contributed by atoms with Crippen molar-refractivity contribution in [2.45, 2.75) is 89.0 Å². The van der Waals surface area contributed by atoms with Crippen LogP contribution in [0, 0.1) is 5.92 Å². The smallest absolute Gasteiger partial charge is 0.265 e. The molecule has 5 heterocycles. The van der Waals surface area contributed by atoms with Gasteiger partial charge in [0.1, 0.15) is 6.04 Å². The number of hydrogen-bond acceptors (Lipinski definition) is 15. The van der Waals surface area contributed by atoms with Gasteiger partial charge in [0.25, 0.3) is 5.91 Å². The molecule has 3 aromatic rings. The number of aromatic nitrogens is 4. The molecule has 6 N–H and O–H groups in total. The number of anilines is 1. The molecule has 3 atom stereocenters. The Morgan fingerprint density at radius 3 is 2.56 bits per heavy atom. The van der Waals surface area contributed by atoms with Gasteiger partial charge < -0.3 is 45.7 Å². The number of halogens is 1. The van der Waals surface area contributed by atoms with Gasteiger partial charge in [0, 0.05) is 61.3 Å². The van der Waals surface area contributed by atoms with E-state index in [9.17, 15) is 24.0 Å². The first-order valence-electron chi connectivity index (χ1n) is 21.8. The molecule has 0 spiro atoms. The minimum atomic E-state index is -0.645. The summed E-state index contributed by atoms with van der Waals surface area (Å²) >= 11 is 7.91. The molecule has 21 heteroatoms. The number of nitrogens with two attached hydrogens (primary N) is 1. The van der Waals surface area contributed by atoms with Crippen LogP contribution >= 0.6 is 22.9 Å². The summed E-state index contributed by atoms with van der Waals surface area (Å²) in [6.07, 6.45) is 10.9. The zero-order valence-corrected chi connectivity index (χ0v) is 37.3. The summed E-state index contributed by atoms with van der Waals surface area (Å²) in [7, 11) is 1.95. The molecular weight excluding hydrogens is 854 g/mol. The first-order valence-corrected chi connectivity index (χ1v) is 23.0. The summed E-state index contributed by atoms with van der Waals surface area (Å²) in [5.74, 6) is -0.0801. The van der Waals surface area contributed by atoms with Crippen molar-refractivity contribution in [2.24, 2.45) is 18.7 Å². The number of aryl methyl sites for hydroxylation is 1. The zero-order chi connectivity index (χ0) is 44.3. The van der Waals surface area contributed by atoms with Gasteiger partial charge in [-0.3, -0.25) is 34.0 Å². The van der Waals surface area contributed by atoms with E-state index in [2.05, 4.69) is 31.3 Å². The summed E-state index contributed by atoms with van der Waals surface area (Å²) < 4.78 is 19.0. The van der Waals surface area contributed by atoms with Crippen LogP contribution in [0.2, 0.25) is 5.02 Å². The summed E-state index contributed by atoms with van der Waals surface area (Å²) in [6.45, 7) is 3.85. The van der Waals surface area contributed by atoms with Crippen molar-refractivity contribution in [2.75, 3.05) is 71.1 Å². The lowest BCUT2D eigenvalue weighted by molar-refractivity contribution is -0.137. The normalized spacial score (nSPS) is 19.9. The van der Waals surface area contributed by atoms with E-state index in [1.807, 2.05) is 28.9 Å². The standard InChI is InChI=1S/C42H58ClN11O8S/c1-52-34(17-26-5-6-26)31(22-48-52)38-32(43)23-47-42(51-38)49-28-3-2-4-29(19-28)53(37(57)20-44)10-12-61-14-16-62-15-13-60-11-9-45-24-36(56)46-21-30-18-27-25-54(41(59)39(27)63-30)33-7-8-35(55)50-40(33)58/h18,22-23,26,28-29,33,45H,2-17,19-21,24-25,44H2,1H3,(H,46,56)(H,47,49,51)(H,50,55,58)/t28-,29?,33?/m0/s1. The Hall–Kier alpha value is -4.57. The van der Waals surface area contributed by atoms with Crippen LogP contribution in [0.25, 0.3) is 11.3 Å². The van der Waals surface area contributed by atoms with Crippen LogP contribution in [0.4, 0.5) is 5.95 Å². The maximum atomic E-state index is 13.0. The molecule has 0 aromatic carbocycles. The van der Waals surface area contributed by atoms with Crippen molar-refractivity contribution in [3.8, 4) is 11.3 Å². The molecule has 0 radical (unpaired) electrons. The number of amides is 5. The number of rotatable bonds is 24. The SMILES string of the molecule is Cn1ncc(-c2nc(N[C@H]3CCCC(N(CCOCCOCCOCCNCC(=O)NCc4cc5c(s4)C(=O)N(C4CCC(=O)NC4=O)C5)C(=O)CN)C3)ncc2Cl)c1CC1CC1. The molecule has 3 fully saturated rings. The third-order valence-corrected chi connectivity index (χ3v) is 13.2. The fourth-order valence-corrected chi connectivity index (χ4v) is 9.56. The quantitative estimate of drug-likeness (QED) is 0.0637.